The molecule has 1 aromatic rings. The van der Waals surface area contributed by atoms with E-state index in [0.717, 1.165) is 12.6 Å². The second-order valence-electron chi connectivity index (χ2n) is 3.64. The van der Waals surface area contributed by atoms with Crippen LogP contribution in [-0.4, -0.2) is 28.4 Å². The molecule has 0 bridgehead atoms. The number of likely N-dealkylation sites (tertiary alicyclic amines) is 1. The number of rotatable bonds is 1. The quantitative estimate of drug-likeness (QED) is 0.716. The summed E-state index contributed by atoms with van der Waals surface area (Å²) >= 11 is 0. The number of halogens is 1. The van der Waals surface area contributed by atoms with Gasteiger partial charge < -0.3 is 4.90 Å². The van der Waals surface area contributed by atoms with Crippen LogP contribution in [0.3, 0.4) is 0 Å². The van der Waals surface area contributed by atoms with Crippen LogP contribution in [0.2, 0.25) is 0 Å². The smallest absolute Gasteiger partial charge is 0.258 e. The summed E-state index contributed by atoms with van der Waals surface area (Å²) in [6, 6.07) is 2.96. The molecule has 0 aromatic carbocycles. The lowest BCUT2D eigenvalue weighted by Gasteiger charge is -2.19. The van der Waals surface area contributed by atoms with Crippen molar-refractivity contribution >= 4 is 5.91 Å². The van der Waals surface area contributed by atoms with E-state index < -0.39 is 17.8 Å². The topological polar surface area (TPSA) is 57.0 Å². The van der Waals surface area contributed by atoms with Gasteiger partial charge in [0, 0.05) is 12.7 Å². The van der Waals surface area contributed by atoms with Crippen LogP contribution in [0.1, 0.15) is 23.2 Å². The standard InChI is InChI=1S/C11H10FN3O/c12-10-7-14-4-3-9(10)11(16)15-5-1-2-8(15)6-13/h3-4,7-8H,1-2,5H2. The summed E-state index contributed by atoms with van der Waals surface area (Å²) in [5.41, 5.74) is -0.0165. The maximum absolute atomic E-state index is 13.3. The highest BCUT2D eigenvalue weighted by Gasteiger charge is 2.30. The Morgan fingerprint density at radius 2 is 2.50 bits per heavy atom. The Morgan fingerprint density at radius 3 is 3.19 bits per heavy atom. The lowest BCUT2D eigenvalue weighted by molar-refractivity contribution is 0.0760. The minimum absolute atomic E-state index is 0.0165. The van der Waals surface area contributed by atoms with E-state index in [1.54, 1.807) is 0 Å². The van der Waals surface area contributed by atoms with Gasteiger partial charge in [-0.25, -0.2) is 4.39 Å². The Balaban J connectivity index is 2.26. The van der Waals surface area contributed by atoms with Crippen molar-refractivity contribution in [3.63, 3.8) is 0 Å². The number of aromatic nitrogens is 1. The Bertz CT molecular complexity index is 455. The minimum atomic E-state index is -0.643. The average Bonchev–Trinajstić information content (AvgIpc) is 2.77. The summed E-state index contributed by atoms with van der Waals surface area (Å²) in [7, 11) is 0. The molecule has 1 saturated heterocycles. The Kier molecular flexibility index (Phi) is 2.82. The lowest BCUT2D eigenvalue weighted by Crippen LogP contribution is -2.35. The van der Waals surface area contributed by atoms with Crippen molar-refractivity contribution in [2.45, 2.75) is 18.9 Å². The molecule has 1 aliphatic rings. The van der Waals surface area contributed by atoms with Crippen molar-refractivity contribution in [3.05, 3.63) is 29.8 Å². The highest BCUT2D eigenvalue weighted by atomic mass is 19.1. The second-order valence-corrected chi connectivity index (χ2v) is 3.64. The van der Waals surface area contributed by atoms with Crippen LogP contribution in [0.5, 0.6) is 0 Å². The summed E-state index contributed by atoms with van der Waals surface area (Å²) in [6.45, 7) is 0.513. The van der Waals surface area contributed by atoms with E-state index in [1.165, 1.54) is 17.2 Å². The normalized spacial score (nSPS) is 19.5. The summed E-state index contributed by atoms with van der Waals surface area (Å²) in [5, 5.41) is 8.85. The first kappa shape index (κ1) is 10.6. The maximum Gasteiger partial charge on any atom is 0.258 e. The third kappa shape index (κ3) is 1.74. The van der Waals surface area contributed by atoms with Crippen molar-refractivity contribution < 1.29 is 9.18 Å². The minimum Gasteiger partial charge on any atom is -0.323 e. The summed E-state index contributed by atoms with van der Waals surface area (Å²) in [4.78, 5) is 16.9. The van der Waals surface area contributed by atoms with E-state index in [-0.39, 0.29) is 5.56 Å². The molecule has 1 atom stereocenters. The molecule has 82 valence electrons. The molecule has 2 heterocycles. The first-order valence-electron chi connectivity index (χ1n) is 5.04. The number of carbonyl (C=O) groups excluding carboxylic acids is 1. The van der Waals surface area contributed by atoms with Crippen molar-refractivity contribution in [1.82, 2.24) is 9.88 Å². The van der Waals surface area contributed by atoms with E-state index in [4.69, 9.17) is 5.26 Å². The molecule has 5 heteroatoms. The molecule has 1 aliphatic heterocycles. The average molecular weight is 219 g/mol. The molecule has 0 N–H and O–H groups in total. The second kappa shape index (κ2) is 4.27. The molecular formula is C11H10FN3O. The van der Waals surface area contributed by atoms with Gasteiger partial charge in [0.15, 0.2) is 5.82 Å². The molecule has 1 unspecified atom stereocenters. The van der Waals surface area contributed by atoms with Gasteiger partial charge in [-0.2, -0.15) is 5.26 Å². The summed E-state index contributed by atoms with van der Waals surface area (Å²) in [5.74, 6) is -1.07. The molecule has 0 aliphatic carbocycles. The number of nitrogens with zero attached hydrogens (tertiary/aromatic N) is 3. The van der Waals surface area contributed by atoms with Crippen LogP contribution in [0.4, 0.5) is 4.39 Å². The highest BCUT2D eigenvalue weighted by Crippen LogP contribution is 2.20. The largest absolute Gasteiger partial charge is 0.323 e. The van der Waals surface area contributed by atoms with Gasteiger partial charge in [-0.3, -0.25) is 9.78 Å². The van der Waals surface area contributed by atoms with E-state index in [2.05, 4.69) is 11.1 Å². The number of hydrogen-bond acceptors (Lipinski definition) is 3. The molecule has 0 spiro atoms. The van der Waals surface area contributed by atoms with Crippen LogP contribution in [0.25, 0.3) is 0 Å². The predicted molar refractivity (Wildman–Crippen MR) is 53.9 cm³/mol. The SMILES string of the molecule is N#CC1CCCN1C(=O)c1ccncc1F. The fourth-order valence-electron chi connectivity index (χ4n) is 1.85. The molecular weight excluding hydrogens is 209 g/mol. The van der Waals surface area contributed by atoms with Crippen LogP contribution < -0.4 is 0 Å². The lowest BCUT2D eigenvalue weighted by atomic mass is 10.2. The zero-order valence-electron chi connectivity index (χ0n) is 8.56. The summed E-state index contributed by atoms with van der Waals surface area (Å²) < 4.78 is 13.3. The van der Waals surface area contributed by atoms with Gasteiger partial charge in [0.2, 0.25) is 0 Å². The Hall–Kier alpha value is -1.96. The van der Waals surface area contributed by atoms with E-state index >= 15 is 0 Å². The molecule has 1 amide bonds. The monoisotopic (exact) mass is 219 g/mol. The van der Waals surface area contributed by atoms with Gasteiger partial charge in [-0.05, 0) is 18.9 Å². The third-order valence-electron chi connectivity index (χ3n) is 2.67. The third-order valence-corrected chi connectivity index (χ3v) is 2.67. The number of carbonyl (C=O) groups is 1. The first-order valence-corrected chi connectivity index (χ1v) is 5.04. The van der Waals surface area contributed by atoms with Crippen molar-refractivity contribution in [2.75, 3.05) is 6.54 Å². The Morgan fingerprint density at radius 1 is 1.69 bits per heavy atom. The van der Waals surface area contributed by atoms with E-state index in [9.17, 15) is 9.18 Å². The molecule has 0 saturated carbocycles. The number of nitriles is 1. The van der Waals surface area contributed by atoms with E-state index in [1.807, 2.05) is 0 Å². The number of hydrogen-bond donors (Lipinski definition) is 0. The van der Waals surface area contributed by atoms with Gasteiger partial charge in [-0.1, -0.05) is 0 Å². The van der Waals surface area contributed by atoms with E-state index in [0.29, 0.717) is 13.0 Å². The zero-order valence-corrected chi connectivity index (χ0v) is 8.56. The van der Waals surface area contributed by atoms with Gasteiger partial charge in [0.25, 0.3) is 5.91 Å². The molecule has 16 heavy (non-hydrogen) atoms. The predicted octanol–water partition coefficient (Wildman–Crippen LogP) is 1.35. The zero-order chi connectivity index (χ0) is 11.5. The van der Waals surface area contributed by atoms with Crippen LogP contribution in [-0.2, 0) is 0 Å². The van der Waals surface area contributed by atoms with Gasteiger partial charge in [-0.15, -0.1) is 0 Å². The number of amides is 1. The first-order chi connectivity index (χ1) is 7.74. The number of pyridine rings is 1. The van der Waals surface area contributed by atoms with Gasteiger partial charge in [0.1, 0.15) is 6.04 Å². The molecule has 1 fully saturated rings. The fraction of sp³-hybridized carbons (Fsp3) is 0.364. The molecule has 2 rings (SSSR count). The van der Waals surface area contributed by atoms with Gasteiger partial charge >= 0.3 is 0 Å². The highest BCUT2D eigenvalue weighted by molar-refractivity contribution is 5.94. The van der Waals surface area contributed by atoms with Gasteiger partial charge in [0.05, 0.1) is 17.8 Å². The van der Waals surface area contributed by atoms with Crippen LogP contribution in [0, 0.1) is 17.1 Å². The van der Waals surface area contributed by atoms with Crippen LogP contribution >= 0.6 is 0 Å². The molecule has 0 radical (unpaired) electrons. The molecule has 1 aromatic heterocycles. The van der Waals surface area contributed by atoms with Crippen molar-refractivity contribution in [3.8, 4) is 6.07 Å². The fourth-order valence-corrected chi connectivity index (χ4v) is 1.85. The van der Waals surface area contributed by atoms with Crippen molar-refractivity contribution in [2.24, 2.45) is 0 Å². The summed E-state index contributed by atoms with van der Waals surface area (Å²) in [6.07, 6.45) is 3.82. The van der Waals surface area contributed by atoms with Crippen LogP contribution in [0.15, 0.2) is 18.5 Å². The van der Waals surface area contributed by atoms with Crippen molar-refractivity contribution in [1.29, 1.82) is 5.26 Å². The molecule has 4 nitrogen and oxygen atoms in total. The maximum atomic E-state index is 13.3. The Labute approximate surface area is 92.3 Å².